The number of ether oxygens (including phenoxy) is 1. The molecule has 0 aliphatic heterocycles. The number of esters is 1. The van der Waals surface area contributed by atoms with E-state index in [4.69, 9.17) is 9.16 Å². The van der Waals surface area contributed by atoms with Crippen LogP contribution in [0, 0.1) is 12.8 Å². The quantitative estimate of drug-likeness (QED) is 0.147. The van der Waals surface area contributed by atoms with Crippen molar-refractivity contribution in [2.24, 2.45) is 5.92 Å². The highest BCUT2D eigenvalue weighted by Crippen LogP contribution is 2.36. The summed E-state index contributed by atoms with van der Waals surface area (Å²) in [7, 11) is -5.71. The molecule has 1 N–H and O–H groups in total. The molecule has 0 saturated heterocycles. The van der Waals surface area contributed by atoms with Crippen molar-refractivity contribution in [3.63, 3.8) is 0 Å². The summed E-state index contributed by atoms with van der Waals surface area (Å²) < 4.78 is 41.4. The highest BCUT2D eigenvalue weighted by Gasteiger charge is 2.37. The molecule has 0 unspecified atom stereocenters. The first-order chi connectivity index (χ1) is 14.9. The van der Waals surface area contributed by atoms with E-state index in [0.717, 1.165) is 5.56 Å². The molecule has 1 aromatic carbocycles. The maximum absolute atomic E-state index is 13.1. The van der Waals surface area contributed by atoms with Crippen molar-refractivity contribution in [2.45, 2.75) is 96.0 Å². The summed E-state index contributed by atoms with van der Waals surface area (Å²) in [4.78, 5) is 12.9. The minimum atomic E-state index is -3.73. The number of aryl methyl sites for hydroxylation is 1. The minimum Gasteiger partial charge on any atom is -0.460 e. The van der Waals surface area contributed by atoms with Gasteiger partial charge in [0.05, 0.1) is 10.8 Å². The number of sulfonamides is 1. The Labute approximate surface area is 215 Å². The SMILES string of the molecule is Cc1ccc(S(=O)(=O)N[C@H](CCO[Si](C)(C)C(C)(C)C)C[C@@H](CI)C(=O)OC(C)(C)C)cc1. The van der Waals surface area contributed by atoms with Crippen LogP contribution in [0.15, 0.2) is 29.2 Å². The summed E-state index contributed by atoms with van der Waals surface area (Å²) in [5.74, 6) is -0.717. The fraction of sp³-hybridized carbons (Fsp3) is 0.708. The average molecular weight is 612 g/mol. The molecular formula is C24H42INO5SSi. The number of rotatable bonds is 11. The van der Waals surface area contributed by atoms with Gasteiger partial charge in [0.15, 0.2) is 8.32 Å². The lowest BCUT2D eigenvalue weighted by atomic mass is 10.00. The molecule has 0 bridgehead atoms. The monoisotopic (exact) mass is 611 g/mol. The Kier molecular flexibility index (Phi) is 11.1. The average Bonchev–Trinajstić information content (AvgIpc) is 2.63. The van der Waals surface area contributed by atoms with Crippen LogP contribution >= 0.6 is 22.6 Å². The zero-order chi connectivity index (χ0) is 25.7. The molecule has 9 heteroatoms. The Bertz CT molecular complexity index is 874. The predicted molar refractivity (Wildman–Crippen MR) is 146 cm³/mol. The number of benzene rings is 1. The normalized spacial score (nSPS) is 15.2. The molecule has 0 spiro atoms. The third kappa shape index (κ3) is 10.3. The van der Waals surface area contributed by atoms with E-state index < -0.39 is 35.9 Å². The van der Waals surface area contributed by atoms with Crippen LogP contribution in [0.5, 0.6) is 0 Å². The summed E-state index contributed by atoms with van der Waals surface area (Å²) in [6, 6.07) is 6.31. The first-order valence-electron chi connectivity index (χ1n) is 11.4. The van der Waals surface area contributed by atoms with Gasteiger partial charge in [-0.3, -0.25) is 4.79 Å². The van der Waals surface area contributed by atoms with Gasteiger partial charge in [0.1, 0.15) is 5.60 Å². The topological polar surface area (TPSA) is 81.7 Å². The van der Waals surface area contributed by atoms with Gasteiger partial charge < -0.3 is 9.16 Å². The van der Waals surface area contributed by atoms with Crippen LogP contribution in [0.25, 0.3) is 0 Å². The molecule has 0 aliphatic carbocycles. The van der Waals surface area contributed by atoms with Crippen LogP contribution < -0.4 is 4.72 Å². The number of alkyl halides is 1. The molecule has 0 radical (unpaired) electrons. The van der Waals surface area contributed by atoms with E-state index in [1.165, 1.54) is 0 Å². The predicted octanol–water partition coefficient (Wildman–Crippen LogP) is 5.84. The minimum absolute atomic E-state index is 0.0607. The number of hydrogen-bond acceptors (Lipinski definition) is 5. The van der Waals surface area contributed by atoms with Crippen molar-refractivity contribution in [3.8, 4) is 0 Å². The summed E-state index contributed by atoms with van der Waals surface area (Å²) in [6.45, 7) is 18.7. The van der Waals surface area contributed by atoms with Gasteiger partial charge in [-0.05, 0) is 70.8 Å². The molecule has 0 saturated carbocycles. The standard InChI is InChI=1S/C24H42INO5SSi/c1-18-10-12-21(13-11-18)32(28,29)26-20(14-15-30-33(8,9)24(5,6)7)16-19(17-25)22(27)31-23(2,3)4/h10-13,19-20,26H,14-17H2,1-9H3/t19-,20+/m0/s1. The van der Waals surface area contributed by atoms with Gasteiger partial charge in [-0.15, -0.1) is 0 Å². The van der Waals surface area contributed by atoms with Crippen LogP contribution in [0.1, 0.15) is 59.9 Å². The third-order valence-electron chi connectivity index (χ3n) is 5.88. The van der Waals surface area contributed by atoms with Gasteiger partial charge in [-0.25, -0.2) is 13.1 Å². The molecule has 0 amide bonds. The molecule has 0 fully saturated rings. The number of hydrogen-bond donors (Lipinski definition) is 1. The lowest BCUT2D eigenvalue weighted by Gasteiger charge is -2.36. The molecule has 0 aromatic heterocycles. The Hall–Kier alpha value is -0.493. The van der Waals surface area contributed by atoms with Gasteiger partial charge in [0.25, 0.3) is 0 Å². The van der Waals surface area contributed by atoms with Crippen molar-refractivity contribution in [3.05, 3.63) is 29.8 Å². The lowest BCUT2D eigenvalue weighted by molar-refractivity contribution is -0.159. The Balaban J connectivity index is 3.06. The van der Waals surface area contributed by atoms with Crippen molar-refractivity contribution in [2.75, 3.05) is 11.0 Å². The van der Waals surface area contributed by atoms with E-state index in [2.05, 4.69) is 61.2 Å². The number of carbonyl (C=O) groups is 1. The van der Waals surface area contributed by atoms with E-state index in [-0.39, 0.29) is 15.9 Å². The highest BCUT2D eigenvalue weighted by atomic mass is 127. The van der Waals surface area contributed by atoms with E-state index in [9.17, 15) is 13.2 Å². The first kappa shape index (κ1) is 30.5. The maximum Gasteiger partial charge on any atom is 0.310 e. The summed E-state index contributed by atoms with van der Waals surface area (Å²) >= 11 is 2.16. The third-order valence-corrected chi connectivity index (χ3v) is 13.0. The largest absolute Gasteiger partial charge is 0.460 e. The van der Waals surface area contributed by atoms with Crippen LogP contribution in [0.2, 0.25) is 18.1 Å². The molecule has 0 heterocycles. The van der Waals surface area contributed by atoms with Crippen LogP contribution in [0.3, 0.4) is 0 Å². The Morgan fingerprint density at radius 1 is 1.09 bits per heavy atom. The molecule has 1 rings (SSSR count). The zero-order valence-corrected chi connectivity index (χ0v) is 25.6. The van der Waals surface area contributed by atoms with Gasteiger partial charge in [-0.2, -0.15) is 0 Å². The van der Waals surface area contributed by atoms with Crippen LogP contribution in [-0.2, 0) is 24.0 Å². The molecule has 2 atom stereocenters. The van der Waals surface area contributed by atoms with Crippen LogP contribution in [-0.4, -0.2) is 45.4 Å². The van der Waals surface area contributed by atoms with Crippen molar-refractivity contribution in [1.82, 2.24) is 4.72 Å². The van der Waals surface area contributed by atoms with E-state index in [0.29, 0.717) is 23.9 Å². The smallest absolute Gasteiger partial charge is 0.310 e. The van der Waals surface area contributed by atoms with Gasteiger partial charge in [0.2, 0.25) is 10.0 Å². The maximum atomic E-state index is 13.1. The van der Waals surface area contributed by atoms with Crippen molar-refractivity contribution < 1.29 is 22.4 Å². The summed E-state index contributed by atoms with van der Waals surface area (Å²) in [5, 5.41) is 0.0607. The van der Waals surface area contributed by atoms with Gasteiger partial charge in [0, 0.05) is 17.1 Å². The second-order valence-corrected chi connectivity index (χ2v) is 18.6. The number of carbonyl (C=O) groups excluding carboxylic acids is 1. The van der Waals surface area contributed by atoms with Gasteiger partial charge >= 0.3 is 5.97 Å². The second kappa shape index (κ2) is 12.0. The first-order valence-corrected chi connectivity index (χ1v) is 17.3. The molecule has 0 aliphatic rings. The molecule has 190 valence electrons. The molecule has 6 nitrogen and oxygen atoms in total. The van der Waals surface area contributed by atoms with Gasteiger partial charge in [-0.1, -0.05) is 61.1 Å². The van der Waals surface area contributed by atoms with Crippen molar-refractivity contribution in [1.29, 1.82) is 0 Å². The van der Waals surface area contributed by atoms with E-state index >= 15 is 0 Å². The van der Waals surface area contributed by atoms with E-state index in [1.807, 2.05) is 27.7 Å². The van der Waals surface area contributed by atoms with Crippen molar-refractivity contribution >= 4 is 46.9 Å². The second-order valence-electron chi connectivity index (χ2n) is 11.1. The summed E-state index contributed by atoms with van der Waals surface area (Å²) in [6.07, 6.45) is 0.831. The Morgan fingerprint density at radius 3 is 2.09 bits per heavy atom. The highest BCUT2D eigenvalue weighted by molar-refractivity contribution is 14.1. The summed E-state index contributed by atoms with van der Waals surface area (Å²) in [5.41, 5.74) is 0.395. The zero-order valence-electron chi connectivity index (χ0n) is 21.6. The molecular weight excluding hydrogens is 569 g/mol. The lowest BCUT2D eigenvalue weighted by Crippen LogP contribution is -2.43. The molecule has 1 aromatic rings. The van der Waals surface area contributed by atoms with Crippen LogP contribution in [0.4, 0.5) is 0 Å². The fourth-order valence-electron chi connectivity index (χ4n) is 2.85. The fourth-order valence-corrected chi connectivity index (χ4v) is 5.92. The number of halogens is 1. The Morgan fingerprint density at radius 2 is 1.64 bits per heavy atom. The number of nitrogens with one attached hydrogen (secondary N) is 1. The molecule has 33 heavy (non-hydrogen) atoms. The van der Waals surface area contributed by atoms with E-state index in [1.54, 1.807) is 24.3 Å².